The van der Waals surface area contributed by atoms with Crippen LogP contribution in [-0.2, 0) is 0 Å². The van der Waals surface area contributed by atoms with Gasteiger partial charge in [0, 0.05) is 50.0 Å². The second kappa shape index (κ2) is 13.0. The summed E-state index contributed by atoms with van der Waals surface area (Å²) in [4.78, 5) is 15.0. The third kappa shape index (κ3) is 5.37. The van der Waals surface area contributed by atoms with Gasteiger partial charge in [0.25, 0.3) is 0 Å². The monoisotopic (exact) mass is 716 g/mol. The highest BCUT2D eigenvalue weighted by molar-refractivity contribution is 6.16. The van der Waals surface area contributed by atoms with Gasteiger partial charge in [0.1, 0.15) is 11.2 Å². The van der Waals surface area contributed by atoms with Gasteiger partial charge in [0.2, 0.25) is 0 Å². The Bertz CT molecular complexity index is 3220. The zero-order chi connectivity index (χ0) is 37.0. The normalized spacial score (nSPS) is 11.6. The molecule has 0 aliphatic carbocycles. The maximum absolute atomic E-state index is 6.67. The molecule has 0 unspecified atom stereocenters. The van der Waals surface area contributed by atoms with Crippen molar-refractivity contribution in [2.75, 3.05) is 0 Å². The lowest BCUT2D eigenvalue weighted by atomic mass is 9.99. The summed E-state index contributed by atoms with van der Waals surface area (Å²) in [6, 6.07) is 67.4. The minimum Gasteiger partial charge on any atom is -0.456 e. The van der Waals surface area contributed by atoms with E-state index in [0.29, 0.717) is 17.5 Å². The second-order valence-electron chi connectivity index (χ2n) is 14.0. The highest BCUT2D eigenvalue weighted by Crippen LogP contribution is 2.40. The van der Waals surface area contributed by atoms with Gasteiger partial charge < -0.3 is 8.98 Å². The molecule has 8 aromatic carbocycles. The second-order valence-corrected chi connectivity index (χ2v) is 14.0. The lowest BCUT2D eigenvalue weighted by Gasteiger charge is -2.09. The predicted octanol–water partition coefficient (Wildman–Crippen LogP) is 13.2. The standard InChI is InChI=1S/C51H32N4O/c1-4-13-33(14-5-1)34-23-25-37(26-24-34)50-52-49(36-17-8-3-9-18-36)53-51(54-50)38-27-29-41-42-30-28-39(32-47(42)56-46(41)31-38)55-44-21-11-10-19-43(44)48-40(20-12-22-45(48)55)35-15-6-2-7-16-35/h1-32H. The maximum Gasteiger partial charge on any atom is 0.164 e. The Labute approximate surface area is 322 Å². The van der Waals surface area contributed by atoms with Crippen molar-refractivity contribution in [3.8, 4) is 62.1 Å². The zero-order valence-electron chi connectivity index (χ0n) is 30.2. The van der Waals surface area contributed by atoms with Gasteiger partial charge in [-0.25, -0.2) is 15.0 Å². The van der Waals surface area contributed by atoms with Crippen LogP contribution in [0.15, 0.2) is 199 Å². The van der Waals surface area contributed by atoms with E-state index in [1.165, 1.54) is 27.5 Å². The number of hydrogen-bond donors (Lipinski definition) is 0. The summed E-state index contributed by atoms with van der Waals surface area (Å²) in [5.74, 6) is 1.82. The summed E-state index contributed by atoms with van der Waals surface area (Å²) < 4.78 is 9.02. The topological polar surface area (TPSA) is 56.7 Å². The molecule has 0 radical (unpaired) electrons. The Kier molecular flexibility index (Phi) is 7.42. The van der Waals surface area contributed by atoms with E-state index in [4.69, 9.17) is 19.4 Å². The average molecular weight is 717 g/mol. The van der Waals surface area contributed by atoms with Crippen LogP contribution in [0.2, 0.25) is 0 Å². The Morgan fingerprint density at radius 1 is 0.339 bits per heavy atom. The zero-order valence-corrected chi connectivity index (χ0v) is 30.2. The minimum absolute atomic E-state index is 0.587. The fraction of sp³-hybridized carbons (Fsp3) is 0. The molecular formula is C51H32N4O. The number of nitrogens with zero attached hydrogens (tertiary/aromatic N) is 4. The van der Waals surface area contributed by atoms with Gasteiger partial charge in [-0.2, -0.15) is 0 Å². The molecule has 0 amide bonds. The molecule has 0 aliphatic heterocycles. The van der Waals surface area contributed by atoms with E-state index in [1.807, 2.05) is 42.5 Å². The van der Waals surface area contributed by atoms with Crippen molar-refractivity contribution in [2.45, 2.75) is 0 Å². The quantitative estimate of drug-likeness (QED) is 0.172. The fourth-order valence-electron chi connectivity index (χ4n) is 7.99. The molecule has 0 bridgehead atoms. The molecule has 0 aliphatic rings. The Balaban J connectivity index is 1.02. The first-order valence-corrected chi connectivity index (χ1v) is 18.8. The molecule has 262 valence electrons. The van der Waals surface area contributed by atoms with Gasteiger partial charge in [-0.3, -0.25) is 0 Å². The lowest BCUT2D eigenvalue weighted by Crippen LogP contribution is -2.00. The number of para-hydroxylation sites is 1. The van der Waals surface area contributed by atoms with E-state index >= 15 is 0 Å². The number of aromatic nitrogens is 4. The summed E-state index contributed by atoms with van der Waals surface area (Å²) in [6.07, 6.45) is 0. The van der Waals surface area contributed by atoms with Crippen molar-refractivity contribution in [2.24, 2.45) is 0 Å². The highest BCUT2D eigenvalue weighted by Gasteiger charge is 2.18. The van der Waals surface area contributed by atoms with Gasteiger partial charge in [0.15, 0.2) is 17.5 Å². The molecule has 0 fully saturated rings. The van der Waals surface area contributed by atoms with Crippen LogP contribution in [-0.4, -0.2) is 19.5 Å². The molecule has 56 heavy (non-hydrogen) atoms. The molecule has 0 atom stereocenters. The van der Waals surface area contributed by atoms with Crippen LogP contribution < -0.4 is 0 Å². The number of hydrogen-bond acceptors (Lipinski definition) is 4. The minimum atomic E-state index is 0.587. The molecule has 5 heteroatoms. The van der Waals surface area contributed by atoms with E-state index in [1.54, 1.807) is 0 Å². The van der Waals surface area contributed by atoms with Crippen LogP contribution in [0.3, 0.4) is 0 Å². The molecule has 11 rings (SSSR count). The predicted molar refractivity (Wildman–Crippen MR) is 229 cm³/mol. The van der Waals surface area contributed by atoms with Gasteiger partial charge in [-0.1, -0.05) is 152 Å². The fourth-order valence-corrected chi connectivity index (χ4v) is 7.99. The molecule has 0 spiro atoms. The van der Waals surface area contributed by atoms with Crippen molar-refractivity contribution >= 4 is 43.7 Å². The van der Waals surface area contributed by atoms with E-state index in [0.717, 1.165) is 60.9 Å². The average Bonchev–Trinajstić information content (AvgIpc) is 3.82. The summed E-state index contributed by atoms with van der Waals surface area (Å²) in [7, 11) is 0. The Morgan fingerprint density at radius 3 is 1.55 bits per heavy atom. The Hall–Kier alpha value is -7.63. The summed E-state index contributed by atoms with van der Waals surface area (Å²) >= 11 is 0. The first-order chi connectivity index (χ1) is 27.7. The first kappa shape index (κ1) is 31.9. The number of fused-ring (bicyclic) bond motifs is 6. The van der Waals surface area contributed by atoms with Crippen LogP contribution in [0.1, 0.15) is 0 Å². The van der Waals surface area contributed by atoms with E-state index in [2.05, 4.69) is 156 Å². The number of furan rings is 1. The first-order valence-electron chi connectivity index (χ1n) is 18.8. The van der Waals surface area contributed by atoms with Crippen molar-refractivity contribution in [1.82, 2.24) is 19.5 Å². The molecule has 11 aromatic rings. The highest BCUT2D eigenvalue weighted by atomic mass is 16.3. The van der Waals surface area contributed by atoms with Gasteiger partial charge >= 0.3 is 0 Å². The van der Waals surface area contributed by atoms with Crippen LogP contribution in [0, 0.1) is 0 Å². The van der Waals surface area contributed by atoms with Crippen LogP contribution >= 0.6 is 0 Å². The third-order valence-corrected chi connectivity index (χ3v) is 10.7. The van der Waals surface area contributed by atoms with Crippen molar-refractivity contribution in [1.29, 1.82) is 0 Å². The number of rotatable bonds is 6. The summed E-state index contributed by atoms with van der Waals surface area (Å²) in [5, 5.41) is 4.55. The van der Waals surface area contributed by atoms with E-state index < -0.39 is 0 Å². The van der Waals surface area contributed by atoms with E-state index in [-0.39, 0.29) is 0 Å². The SMILES string of the molecule is c1ccc(-c2ccc(-c3nc(-c4ccccc4)nc(-c4ccc5c(c4)oc4cc(-n6c7ccccc7c7c(-c8ccccc8)cccc76)ccc45)n3)cc2)cc1. The van der Waals surface area contributed by atoms with Gasteiger partial charge in [0.05, 0.1) is 11.0 Å². The van der Waals surface area contributed by atoms with Crippen molar-refractivity contribution < 1.29 is 4.42 Å². The third-order valence-electron chi connectivity index (χ3n) is 10.7. The summed E-state index contributed by atoms with van der Waals surface area (Å²) in [6.45, 7) is 0. The van der Waals surface area contributed by atoms with Crippen molar-refractivity contribution in [3.05, 3.63) is 194 Å². The maximum atomic E-state index is 6.67. The largest absolute Gasteiger partial charge is 0.456 e. The molecule has 0 saturated carbocycles. The van der Waals surface area contributed by atoms with Gasteiger partial charge in [-0.05, 0) is 58.7 Å². The van der Waals surface area contributed by atoms with E-state index in [9.17, 15) is 0 Å². The van der Waals surface area contributed by atoms with Crippen LogP contribution in [0.5, 0.6) is 0 Å². The van der Waals surface area contributed by atoms with Crippen LogP contribution in [0.4, 0.5) is 0 Å². The van der Waals surface area contributed by atoms with Gasteiger partial charge in [-0.15, -0.1) is 0 Å². The summed E-state index contributed by atoms with van der Waals surface area (Å²) in [5.41, 5.74) is 12.4. The Morgan fingerprint density at radius 2 is 0.839 bits per heavy atom. The molecule has 5 nitrogen and oxygen atoms in total. The van der Waals surface area contributed by atoms with Crippen molar-refractivity contribution in [3.63, 3.8) is 0 Å². The molecule has 3 heterocycles. The molecule has 0 saturated heterocycles. The number of benzene rings is 8. The smallest absolute Gasteiger partial charge is 0.164 e. The lowest BCUT2D eigenvalue weighted by molar-refractivity contribution is 0.668. The molecule has 3 aromatic heterocycles. The molecule has 0 N–H and O–H groups in total. The van der Waals surface area contributed by atoms with Crippen LogP contribution in [0.25, 0.3) is 106 Å². The molecular weight excluding hydrogens is 685 g/mol.